The second kappa shape index (κ2) is 12.6. The quantitative estimate of drug-likeness (QED) is 0.343. The lowest BCUT2D eigenvalue weighted by Crippen LogP contribution is -2.34. The third-order valence-corrected chi connectivity index (χ3v) is 6.80. The molecule has 0 saturated carbocycles. The average molecular weight is 512 g/mol. The molecular formula is C23H36Cl2N8O. The summed E-state index contributed by atoms with van der Waals surface area (Å²) in [5.74, 6) is 0.968. The number of amides is 1. The van der Waals surface area contributed by atoms with E-state index in [1.165, 1.54) is 0 Å². The number of piperidine rings is 1. The van der Waals surface area contributed by atoms with Crippen LogP contribution in [0.3, 0.4) is 0 Å². The molecule has 1 fully saturated rings. The van der Waals surface area contributed by atoms with Crippen molar-refractivity contribution in [3.8, 4) is 0 Å². The largest absolute Gasteiger partial charge is 0.369 e. The summed E-state index contributed by atoms with van der Waals surface area (Å²) in [6.45, 7) is 7.37. The van der Waals surface area contributed by atoms with E-state index in [4.69, 9.17) is 28.3 Å². The standard InChI is InChI=1S/C23H36Cl2N8O/c1-5-7-18(24)22(34)32(4)11-6-10-26-21-19(25)14-27-23(29-21)28-20-15-33(30-16(20)2)17-8-12-31(3)13-9-17/h14-15,17-18H,5-13H2,1-4H3,(H2,26,27,28,29). The molecule has 3 rings (SSSR count). The number of aromatic nitrogens is 4. The van der Waals surface area contributed by atoms with E-state index in [1.807, 2.05) is 20.0 Å². The minimum atomic E-state index is -0.458. The van der Waals surface area contributed by atoms with Gasteiger partial charge in [-0.25, -0.2) is 4.98 Å². The van der Waals surface area contributed by atoms with Gasteiger partial charge in [-0.1, -0.05) is 24.9 Å². The van der Waals surface area contributed by atoms with Crippen LogP contribution in [0.5, 0.6) is 0 Å². The Hall–Kier alpha value is -2.10. The van der Waals surface area contributed by atoms with Crippen LogP contribution in [0.4, 0.5) is 17.5 Å². The number of halogens is 2. The number of alkyl halides is 1. The molecule has 1 aliphatic rings. The van der Waals surface area contributed by atoms with Gasteiger partial charge >= 0.3 is 0 Å². The van der Waals surface area contributed by atoms with Crippen molar-refractivity contribution in [1.29, 1.82) is 0 Å². The van der Waals surface area contributed by atoms with Crippen LogP contribution in [-0.2, 0) is 4.79 Å². The molecule has 9 nitrogen and oxygen atoms in total. The third-order valence-electron chi connectivity index (χ3n) is 6.12. The first-order valence-electron chi connectivity index (χ1n) is 11.9. The Morgan fingerprint density at radius 3 is 2.79 bits per heavy atom. The van der Waals surface area contributed by atoms with E-state index in [-0.39, 0.29) is 5.91 Å². The number of carbonyl (C=O) groups excluding carboxylic acids is 1. The van der Waals surface area contributed by atoms with Gasteiger partial charge in [0.05, 0.1) is 23.6 Å². The van der Waals surface area contributed by atoms with E-state index in [1.54, 1.807) is 18.1 Å². The Morgan fingerprint density at radius 2 is 2.09 bits per heavy atom. The fourth-order valence-electron chi connectivity index (χ4n) is 3.97. The number of hydrogen-bond donors (Lipinski definition) is 2. The van der Waals surface area contributed by atoms with Gasteiger partial charge in [0.25, 0.3) is 0 Å². The van der Waals surface area contributed by atoms with Crippen molar-refractivity contribution in [3.63, 3.8) is 0 Å². The highest BCUT2D eigenvalue weighted by molar-refractivity contribution is 6.32. The summed E-state index contributed by atoms with van der Waals surface area (Å²) in [5, 5.41) is 11.2. The highest BCUT2D eigenvalue weighted by Crippen LogP contribution is 2.26. The van der Waals surface area contributed by atoms with Crippen LogP contribution in [0.1, 0.15) is 50.8 Å². The van der Waals surface area contributed by atoms with Crippen LogP contribution in [0.15, 0.2) is 12.4 Å². The van der Waals surface area contributed by atoms with Crippen molar-refractivity contribution in [2.24, 2.45) is 0 Å². The van der Waals surface area contributed by atoms with E-state index in [2.05, 4.69) is 37.2 Å². The summed E-state index contributed by atoms with van der Waals surface area (Å²) >= 11 is 12.4. The maximum Gasteiger partial charge on any atom is 0.240 e. The smallest absolute Gasteiger partial charge is 0.240 e. The Labute approximate surface area is 212 Å². The second-order valence-electron chi connectivity index (χ2n) is 8.95. The molecule has 188 valence electrons. The van der Waals surface area contributed by atoms with Crippen molar-refractivity contribution >= 4 is 46.6 Å². The monoisotopic (exact) mass is 510 g/mol. The van der Waals surface area contributed by atoms with Crippen LogP contribution < -0.4 is 10.6 Å². The molecule has 1 saturated heterocycles. The van der Waals surface area contributed by atoms with Crippen molar-refractivity contribution < 1.29 is 4.79 Å². The summed E-state index contributed by atoms with van der Waals surface area (Å²) < 4.78 is 2.06. The van der Waals surface area contributed by atoms with Crippen LogP contribution >= 0.6 is 23.2 Å². The minimum absolute atomic E-state index is 0.0359. The lowest BCUT2D eigenvalue weighted by atomic mass is 10.1. The Balaban J connectivity index is 1.53. The van der Waals surface area contributed by atoms with Gasteiger partial charge in [-0.15, -0.1) is 11.6 Å². The lowest BCUT2D eigenvalue weighted by Gasteiger charge is -2.28. The van der Waals surface area contributed by atoms with Gasteiger partial charge in [0, 0.05) is 26.3 Å². The van der Waals surface area contributed by atoms with Crippen LogP contribution in [0, 0.1) is 6.92 Å². The molecule has 0 bridgehead atoms. The maximum atomic E-state index is 12.2. The summed E-state index contributed by atoms with van der Waals surface area (Å²) in [6.07, 6.45) is 8.10. The molecule has 2 aromatic rings. The van der Waals surface area contributed by atoms with Gasteiger partial charge in [-0.3, -0.25) is 9.48 Å². The molecule has 0 aromatic carbocycles. The molecule has 0 aliphatic carbocycles. The highest BCUT2D eigenvalue weighted by atomic mass is 35.5. The van der Waals surface area contributed by atoms with Crippen LogP contribution in [0.25, 0.3) is 0 Å². The van der Waals surface area contributed by atoms with Crippen molar-refractivity contribution in [1.82, 2.24) is 29.5 Å². The van der Waals surface area contributed by atoms with Crippen molar-refractivity contribution in [2.45, 2.75) is 57.4 Å². The van der Waals surface area contributed by atoms with Gasteiger partial charge in [-0.05, 0) is 52.7 Å². The van der Waals surface area contributed by atoms with Gasteiger partial charge in [0.15, 0.2) is 0 Å². The van der Waals surface area contributed by atoms with Gasteiger partial charge in [0.1, 0.15) is 16.2 Å². The number of carbonyl (C=O) groups is 1. The number of likely N-dealkylation sites (tertiary alicyclic amines) is 1. The molecule has 2 N–H and O–H groups in total. The molecular weight excluding hydrogens is 475 g/mol. The second-order valence-corrected chi connectivity index (χ2v) is 9.89. The molecule has 2 aromatic heterocycles. The molecule has 0 radical (unpaired) electrons. The fraction of sp³-hybridized carbons (Fsp3) is 0.652. The summed E-state index contributed by atoms with van der Waals surface area (Å²) in [4.78, 5) is 25.1. The third kappa shape index (κ3) is 7.20. The topological polar surface area (TPSA) is 91.2 Å². The van der Waals surface area contributed by atoms with Crippen molar-refractivity contribution in [3.05, 3.63) is 23.1 Å². The number of anilines is 3. The zero-order valence-electron chi connectivity index (χ0n) is 20.5. The van der Waals surface area contributed by atoms with Gasteiger partial charge < -0.3 is 20.4 Å². The maximum absolute atomic E-state index is 12.2. The first-order chi connectivity index (χ1) is 16.3. The molecule has 1 unspecified atom stereocenters. The predicted molar refractivity (Wildman–Crippen MR) is 138 cm³/mol. The molecule has 1 atom stereocenters. The first-order valence-corrected chi connectivity index (χ1v) is 12.8. The molecule has 0 spiro atoms. The molecule has 11 heteroatoms. The highest BCUT2D eigenvalue weighted by Gasteiger charge is 2.21. The van der Waals surface area contributed by atoms with Crippen molar-refractivity contribution in [2.75, 3.05) is 50.9 Å². The van der Waals surface area contributed by atoms with Gasteiger partial charge in [-0.2, -0.15) is 10.1 Å². The van der Waals surface area contributed by atoms with E-state index in [9.17, 15) is 4.79 Å². The van der Waals surface area contributed by atoms with E-state index in [0.29, 0.717) is 42.3 Å². The zero-order chi connectivity index (χ0) is 24.7. The fourth-order valence-corrected chi connectivity index (χ4v) is 4.51. The normalized spacial score (nSPS) is 15.8. The summed E-state index contributed by atoms with van der Waals surface area (Å²) in [6, 6.07) is 0.412. The lowest BCUT2D eigenvalue weighted by molar-refractivity contribution is -0.129. The number of hydrogen-bond acceptors (Lipinski definition) is 7. The average Bonchev–Trinajstić information content (AvgIpc) is 3.18. The van der Waals surface area contributed by atoms with E-state index in [0.717, 1.165) is 50.2 Å². The summed E-state index contributed by atoms with van der Waals surface area (Å²) in [5.41, 5.74) is 1.79. The Kier molecular flexibility index (Phi) is 9.79. The summed E-state index contributed by atoms with van der Waals surface area (Å²) in [7, 11) is 3.93. The molecule has 1 amide bonds. The minimum Gasteiger partial charge on any atom is -0.369 e. The Bertz CT molecular complexity index is 945. The number of nitrogens with zero attached hydrogens (tertiary/aromatic N) is 6. The van der Waals surface area contributed by atoms with Crippen LogP contribution in [0.2, 0.25) is 5.02 Å². The number of nitrogens with one attached hydrogen (secondary N) is 2. The Morgan fingerprint density at radius 1 is 1.35 bits per heavy atom. The van der Waals surface area contributed by atoms with E-state index < -0.39 is 5.38 Å². The van der Waals surface area contributed by atoms with E-state index >= 15 is 0 Å². The number of rotatable bonds is 11. The predicted octanol–water partition coefficient (Wildman–Crippen LogP) is 4.31. The molecule has 34 heavy (non-hydrogen) atoms. The molecule has 1 aliphatic heterocycles. The first kappa shape index (κ1) is 26.5. The number of aryl methyl sites for hydroxylation is 1. The SMILES string of the molecule is CCCC(Cl)C(=O)N(C)CCCNc1nc(Nc2cn(C3CCN(C)CC3)nc2C)ncc1Cl. The molecule has 3 heterocycles. The van der Waals surface area contributed by atoms with Gasteiger partial charge in [0.2, 0.25) is 11.9 Å². The van der Waals surface area contributed by atoms with Crippen LogP contribution in [-0.4, -0.2) is 81.1 Å². The zero-order valence-corrected chi connectivity index (χ0v) is 22.0.